The molecule has 0 radical (unpaired) electrons. The zero-order chi connectivity index (χ0) is 11.1. The number of carbonyl (C=O) groups excluding carboxylic acids is 2. The monoisotopic (exact) mass is 217 g/mol. The van der Waals surface area contributed by atoms with E-state index >= 15 is 0 Å². The molecule has 6 heteroatoms. The second kappa shape index (κ2) is 3.14. The third kappa shape index (κ3) is 1.28. The smallest absolute Gasteiger partial charge is 0.287 e. The number of amides is 3. The van der Waals surface area contributed by atoms with Gasteiger partial charge in [0.1, 0.15) is 5.69 Å². The molecule has 6 nitrogen and oxygen atoms in total. The number of carbonyl (C=O) groups is 2. The molecule has 4 N–H and O–H groups in total. The van der Waals surface area contributed by atoms with Crippen LogP contribution in [0.4, 0.5) is 16.2 Å². The van der Waals surface area contributed by atoms with Crippen molar-refractivity contribution < 1.29 is 14.9 Å². The van der Waals surface area contributed by atoms with E-state index in [1.807, 2.05) is 29.6 Å². The molecule has 0 aromatic heterocycles. The summed E-state index contributed by atoms with van der Waals surface area (Å²) in [5, 5.41) is 6.63. The van der Waals surface area contributed by atoms with Crippen LogP contribution in [-0.2, 0) is 4.79 Å². The molecule has 1 aromatic rings. The van der Waals surface area contributed by atoms with Gasteiger partial charge in [0.15, 0.2) is 11.4 Å². The Bertz CT molecular complexity index is 523. The first-order chi connectivity index (χ1) is 7.74. The minimum Gasteiger partial charge on any atom is -0.287 e. The minimum atomic E-state index is -0.482. The van der Waals surface area contributed by atoms with E-state index in [0.717, 1.165) is 11.4 Å². The van der Waals surface area contributed by atoms with E-state index in [1.165, 1.54) is 0 Å². The van der Waals surface area contributed by atoms with Crippen molar-refractivity contribution in [3.63, 3.8) is 0 Å². The number of nitrogens with zero attached hydrogens (tertiary/aromatic N) is 1. The van der Waals surface area contributed by atoms with E-state index in [0.29, 0.717) is 5.71 Å². The van der Waals surface area contributed by atoms with Crippen molar-refractivity contribution in [1.29, 1.82) is 0 Å². The van der Waals surface area contributed by atoms with Crippen LogP contribution in [0.3, 0.4) is 0 Å². The summed E-state index contributed by atoms with van der Waals surface area (Å²) in [6, 6.07) is 6.99. The predicted molar refractivity (Wildman–Crippen MR) is 55.6 cm³/mol. The number of para-hydroxylation sites is 2. The predicted octanol–water partition coefficient (Wildman–Crippen LogP) is -0.867. The lowest BCUT2D eigenvalue weighted by molar-refractivity contribution is -0.597. The molecule has 1 atom stereocenters. The van der Waals surface area contributed by atoms with Crippen molar-refractivity contribution in [2.45, 2.75) is 6.17 Å². The third-order valence-corrected chi connectivity index (χ3v) is 2.56. The van der Waals surface area contributed by atoms with Crippen molar-refractivity contribution >= 4 is 29.0 Å². The Hall–Kier alpha value is -2.21. The molecular weight excluding hydrogens is 208 g/mol. The van der Waals surface area contributed by atoms with Crippen LogP contribution in [0.25, 0.3) is 0 Å². The number of hydrogen-bond acceptors (Lipinski definition) is 3. The first-order valence-corrected chi connectivity index (χ1v) is 4.88. The van der Waals surface area contributed by atoms with Crippen molar-refractivity contribution in [2.75, 3.05) is 0 Å². The molecular formula is C10H9N4O2+. The summed E-state index contributed by atoms with van der Waals surface area (Å²) in [4.78, 5) is 26.9. The zero-order valence-electron chi connectivity index (χ0n) is 8.23. The van der Waals surface area contributed by atoms with Crippen molar-refractivity contribution in [3.05, 3.63) is 24.3 Å². The Kier molecular flexibility index (Phi) is 1.78. The van der Waals surface area contributed by atoms with Gasteiger partial charge in [0, 0.05) is 6.07 Å². The Morgan fingerprint density at radius 3 is 2.94 bits per heavy atom. The van der Waals surface area contributed by atoms with Crippen molar-refractivity contribution in [2.24, 2.45) is 4.99 Å². The number of hydrogen-bond donors (Lipinski definition) is 3. The number of fused-ring (bicyclic) bond motifs is 2. The lowest BCUT2D eigenvalue weighted by Crippen LogP contribution is -2.94. The summed E-state index contributed by atoms with van der Waals surface area (Å²) in [7, 11) is 0. The molecule has 1 fully saturated rings. The molecule has 1 unspecified atom stereocenters. The quantitative estimate of drug-likeness (QED) is 0.493. The Balaban J connectivity index is 2.08. The molecule has 0 saturated carbocycles. The fraction of sp³-hybridized carbons (Fsp3) is 0.100. The molecule has 80 valence electrons. The van der Waals surface area contributed by atoms with E-state index in [2.05, 4.69) is 15.6 Å². The summed E-state index contributed by atoms with van der Waals surface area (Å²) in [5.74, 6) is -0.431. The fourth-order valence-electron chi connectivity index (χ4n) is 1.83. The summed E-state index contributed by atoms with van der Waals surface area (Å²) in [5.41, 5.74) is 2.00. The SMILES string of the molecule is O=C1NC(=O)C2=Nc3ccccc3[NH2+]C2N1. The van der Waals surface area contributed by atoms with E-state index < -0.39 is 18.1 Å². The highest BCUT2D eigenvalue weighted by molar-refractivity contribution is 6.45. The van der Waals surface area contributed by atoms with Gasteiger partial charge in [0.2, 0.25) is 6.17 Å². The highest BCUT2D eigenvalue weighted by atomic mass is 16.2. The molecule has 1 aromatic carbocycles. The molecule has 1 saturated heterocycles. The normalized spacial score (nSPS) is 22.5. The summed E-state index contributed by atoms with van der Waals surface area (Å²) < 4.78 is 0. The number of rotatable bonds is 0. The molecule has 3 amide bonds. The van der Waals surface area contributed by atoms with Gasteiger partial charge in [-0.05, 0) is 6.07 Å². The average molecular weight is 217 g/mol. The first-order valence-electron chi connectivity index (χ1n) is 4.88. The first kappa shape index (κ1) is 9.05. The lowest BCUT2D eigenvalue weighted by Gasteiger charge is -2.26. The average Bonchev–Trinajstić information content (AvgIpc) is 2.27. The van der Waals surface area contributed by atoms with E-state index in [9.17, 15) is 9.59 Å². The number of imide groups is 1. The molecule has 2 aliphatic rings. The minimum absolute atomic E-state index is 0.332. The zero-order valence-corrected chi connectivity index (χ0v) is 8.23. The maximum absolute atomic E-state index is 11.5. The van der Waals surface area contributed by atoms with Gasteiger partial charge >= 0.3 is 6.03 Å². The Labute approximate surface area is 90.7 Å². The molecule has 3 rings (SSSR count). The number of urea groups is 1. The highest BCUT2D eigenvalue weighted by Crippen LogP contribution is 2.23. The fourth-order valence-corrected chi connectivity index (χ4v) is 1.83. The van der Waals surface area contributed by atoms with Gasteiger partial charge in [0.05, 0.1) is 0 Å². The van der Waals surface area contributed by atoms with Crippen LogP contribution >= 0.6 is 0 Å². The maximum Gasteiger partial charge on any atom is 0.326 e. The second-order valence-corrected chi connectivity index (χ2v) is 3.63. The van der Waals surface area contributed by atoms with Gasteiger partial charge in [-0.25, -0.2) is 9.79 Å². The largest absolute Gasteiger partial charge is 0.326 e. The molecule has 16 heavy (non-hydrogen) atoms. The Morgan fingerprint density at radius 1 is 1.25 bits per heavy atom. The molecule has 0 aliphatic carbocycles. The van der Waals surface area contributed by atoms with Crippen LogP contribution in [0.2, 0.25) is 0 Å². The van der Waals surface area contributed by atoms with Crippen LogP contribution in [0.15, 0.2) is 29.3 Å². The van der Waals surface area contributed by atoms with Crippen molar-refractivity contribution in [3.8, 4) is 0 Å². The summed E-state index contributed by atoms with van der Waals surface area (Å²) in [6.45, 7) is 0. The molecule has 0 bridgehead atoms. The van der Waals surface area contributed by atoms with Gasteiger partial charge in [0.25, 0.3) is 5.91 Å². The van der Waals surface area contributed by atoms with Crippen LogP contribution in [0.1, 0.15) is 0 Å². The second-order valence-electron chi connectivity index (χ2n) is 3.63. The Morgan fingerprint density at radius 2 is 2.06 bits per heavy atom. The standard InChI is InChI=1S/C10H8N4O2/c15-9-7-8(13-10(16)14-9)12-6-4-2-1-3-5(6)11-7/h1-4,8,12H,(H2,13,14,15,16)/p+1. The number of nitrogens with one attached hydrogen (secondary N) is 2. The van der Waals surface area contributed by atoms with Gasteiger partial charge in [-0.15, -0.1) is 0 Å². The number of benzene rings is 1. The lowest BCUT2D eigenvalue weighted by atomic mass is 10.1. The van der Waals surface area contributed by atoms with E-state index in [-0.39, 0.29) is 0 Å². The maximum atomic E-state index is 11.5. The number of nitrogens with two attached hydrogens (primary N) is 1. The molecule has 2 aliphatic heterocycles. The molecule has 0 spiro atoms. The number of aliphatic imine (C=N–C) groups is 1. The van der Waals surface area contributed by atoms with Crippen LogP contribution in [0.5, 0.6) is 0 Å². The van der Waals surface area contributed by atoms with Gasteiger partial charge in [-0.1, -0.05) is 12.1 Å². The topological polar surface area (TPSA) is 87.2 Å². The van der Waals surface area contributed by atoms with Gasteiger partial charge < -0.3 is 0 Å². The molecule has 2 heterocycles. The summed E-state index contributed by atoms with van der Waals surface area (Å²) >= 11 is 0. The summed E-state index contributed by atoms with van der Waals surface area (Å²) in [6.07, 6.45) is -0.420. The van der Waals surface area contributed by atoms with Crippen LogP contribution in [-0.4, -0.2) is 23.8 Å². The van der Waals surface area contributed by atoms with Gasteiger partial charge in [-0.2, -0.15) is 0 Å². The van der Waals surface area contributed by atoms with Gasteiger partial charge in [-0.3, -0.25) is 20.7 Å². The van der Waals surface area contributed by atoms with E-state index in [1.54, 1.807) is 0 Å². The number of quaternary nitrogens is 1. The third-order valence-electron chi connectivity index (χ3n) is 2.56. The highest BCUT2D eigenvalue weighted by Gasteiger charge is 2.37. The van der Waals surface area contributed by atoms with Crippen LogP contribution < -0.4 is 16.0 Å². The van der Waals surface area contributed by atoms with Crippen molar-refractivity contribution in [1.82, 2.24) is 10.6 Å². The van der Waals surface area contributed by atoms with Crippen LogP contribution in [0, 0.1) is 0 Å². The van der Waals surface area contributed by atoms with E-state index in [4.69, 9.17) is 0 Å².